The number of nitrogens with one attached hydrogen (secondary N) is 2. The van der Waals surface area contributed by atoms with Gasteiger partial charge in [0.05, 0.1) is 31.2 Å². The van der Waals surface area contributed by atoms with Gasteiger partial charge in [0.1, 0.15) is 5.82 Å². The van der Waals surface area contributed by atoms with Crippen molar-refractivity contribution in [3.8, 4) is 17.1 Å². The number of rotatable bonds is 5. The number of nitrogens with zero attached hydrogens (tertiary/aromatic N) is 5. The molecule has 3 aromatic heterocycles. The van der Waals surface area contributed by atoms with E-state index in [2.05, 4.69) is 30.4 Å². The van der Waals surface area contributed by atoms with Crippen LogP contribution in [0.3, 0.4) is 0 Å². The van der Waals surface area contributed by atoms with Crippen LogP contribution in [0, 0.1) is 5.92 Å². The SMILES string of the molecule is COc1ccnc(Nc2nc3c(s2)CCN(CC2CCOC2)c2[nH]ncc2-3)n1. The van der Waals surface area contributed by atoms with Crippen molar-refractivity contribution in [2.75, 3.05) is 43.6 Å². The van der Waals surface area contributed by atoms with Gasteiger partial charge in [0, 0.05) is 49.2 Å². The van der Waals surface area contributed by atoms with Gasteiger partial charge in [0.15, 0.2) is 5.13 Å². The lowest BCUT2D eigenvalue weighted by atomic mass is 10.1. The highest BCUT2D eigenvalue weighted by Gasteiger charge is 2.28. The maximum atomic E-state index is 5.54. The molecule has 146 valence electrons. The van der Waals surface area contributed by atoms with E-state index >= 15 is 0 Å². The molecule has 0 aromatic carbocycles. The maximum Gasteiger partial charge on any atom is 0.232 e. The maximum absolute atomic E-state index is 5.54. The topological polar surface area (TPSA) is 101 Å². The van der Waals surface area contributed by atoms with Crippen LogP contribution in [-0.2, 0) is 11.2 Å². The number of hydrogen-bond acceptors (Lipinski definition) is 9. The number of aromatic amines is 1. The van der Waals surface area contributed by atoms with Crippen molar-refractivity contribution in [2.45, 2.75) is 12.8 Å². The van der Waals surface area contributed by atoms with E-state index in [4.69, 9.17) is 14.5 Å². The standard InChI is InChI=1S/C18H21N7O2S/c1-26-14-2-5-19-17(21-14)23-18-22-15-12-8-20-24-16(12)25(6-3-13(15)28-18)9-11-4-7-27-10-11/h2,5,8,11H,3-4,6-7,9-10H2,1H3,(H,20,24)(H,19,21,22,23). The molecule has 0 saturated carbocycles. The molecule has 0 bridgehead atoms. The summed E-state index contributed by atoms with van der Waals surface area (Å²) < 4.78 is 10.7. The Balaban J connectivity index is 1.40. The van der Waals surface area contributed by atoms with E-state index < -0.39 is 0 Å². The largest absolute Gasteiger partial charge is 0.481 e. The molecule has 3 aromatic rings. The van der Waals surface area contributed by atoms with Crippen molar-refractivity contribution in [2.24, 2.45) is 5.92 Å². The fourth-order valence-corrected chi connectivity index (χ4v) is 4.62. The van der Waals surface area contributed by atoms with Gasteiger partial charge in [0.25, 0.3) is 0 Å². The first kappa shape index (κ1) is 17.4. The Hall–Kier alpha value is -2.72. The molecule has 2 aliphatic heterocycles. The third-order valence-electron chi connectivity index (χ3n) is 5.06. The molecule has 9 nitrogen and oxygen atoms in total. The molecular formula is C18H21N7O2S. The van der Waals surface area contributed by atoms with Gasteiger partial charge in [0.2, 0.25) is 11.8 Å². The Morgan fingerprint density at radius 1 is 1.43 bits per heavy atom. The van der Waals surface area contributed by atoms with E-state index in [1.54, 1.807) is 30.7 Å². The fraction of sp³-hybridized carbons (Fsp3) is 0.444. The van der Waals surface area contributed by atoms with Crippen LogP contribution < -0.4 is 15.0 Å². The minimum atomic E-state index is 0.471. The summed E-state index contributed by atoms with van der Waals surface area (Å²) in [6.45, 7) is 3.61. The Labute approximate surface area is 166 Å². The lowest BCUT2D eigenvalue weighted by Gasteiger charge is -2.24. The fourth-order valence-electron chi connectivity index (χ4n) is 3.66. The Kier molecular flexibility index (Phi) is 4.57. The zero-order chi connectivity index (χ0) is 18.9. The van der Waals surface area contributed by atoms with Gasteiger partial charge in [-0.15, -0.1) is 11.3 Å². The van der Waals surface area contributed by atoms with Crippen molar-refractivity contribution in [3.63, 3.8) is 0 Å². The van der Waals surface area contributed by atoms with E-state index in [1.165, 1.54) is 4.88 Å². The molecule has 2 aliphatic rings. The van der Waals surface area contributed by atoms with E-state index in [1.807, 2.05) is 6.20 Å². The first-order valence-electron chi connectivity index (χ1n) is 9.30. The Morgan fingerprint density at radius 3 is 3.25 bits per heavy atom. The third-order valence-corrected chi connectivity index (χ3v) is 6.09. The van der Waals surface area contributed by atoms with Gasteiger partial charge >= 0.3 is 0 Å². The van der Waals surface area contributed by atoms with Crippen molar-refractivity contribution in [1.82, 2.24) is 25.1 Å². The van der Waals surface area contributed by atoms with E-state index in [-0.39, 0.29) is 0 Å². The zero-order valence-corrected chi connectivity index (χ0v) is 16.3. The molecule has 5 rings (SSSR count). The molecular weight excluding hydrogens is 378 g/mol. The van der Waals surface area contributed by atoms with Crippen LogP contribution in [0.1, 0.15) is 11.3 Å². The predicted octanol–water partition coefficient (Wildman–Crippen LogP) is 2.47. The van der Waals surface area contributed by atoms with Crippen LogP contribution in [0.4, 0.5) is 16.9 Å². The summed E-state index contributed by atoms with van der Waals surface area (Å²) in [6, 6.07) is 1.71. The number of fused-ring (bicyclic) bond motifs is 3. The van der Waals surface area contributed by atoms with E-state index in [9.17, 15) is 0 Å². The second kappa shape index (κ2) is 7.36. The summed E-state index contributed by atoms with van der Waals surface area (Å²) in [5.41, 5.74) is 2.02. The van der Waals surface area contributed by atoms with Gasteiger partial charge < -0.3 is 14.4 Å². The van der Waals surface area contributed by atoms with Crippen molar-refractivity contribution in [1.29, 1.82) is 0 Å². The van der Waals surface area contributed by atoms with Crippen LogP contribution in [-0.4, -0.2) is 58.6 Å². The number of anilines is 3. The molecule has 10 heteroatoms. The molecule has 1 fully saturated rings. The normalized spacial score (nSPS) is 18.5. The van der Waals surface area contributed by atoms with Gasteiger partial charge in [-0.1, -0.05) is 0 Å². The highest BCUT2D eigenvalue weighted by molar-refractivity contribution is 7.16. The molecule has 0 aliphatic carbocycles. The monoisotopic (exact) mass is 399 g/mol. The van der Waals surface area contributed by atoms with Crippen LogP contribution in [0.15, 0.2) is 18.5 Å². The highest BCUT2D eigenvalue weighted by atomic mass is 32.1. The summed E-state index contributed by atoms with van der Waals surface area (Å²) in [5, 5.41) is 11.4. The quantitative estimate of drug-likeness (QED) is 0.675. The minimum absolute atomic E-state index is 0.471. The van der Waals surface area contributed by atoms with Crippen molar-refractivity contribution in [3.05, 3.63) is 23.3 Å². The van der Waals surface area contributed by atoms with Crippen molar-refractivity contribution >= 4 is 28.2 Å². The Bertz CT molecular complexity index is 967. The number of ether oxygens (including phenoxy) is 2. The number of hydrogen-bond donors (Lipinski definition) is 2. The van der Waals surface area contributed by atoms with Gasteiger partial charge in [-0.05, 0) is 6.42 Å². The van der Waals surface area contributed by atoms with E-state index in [0.29, 0.717) is 17.7 Å². The molecule has 1 atom stereocenters. The summed E-state index contributed by atoms with van der Waals surface area (Å²) >= 11 is 1.63. The number of thiazole rings is 1. The highest BCUT2D eigenvalue weighted by Crippen LogP contribution is 2.39. The second-order valence-corrected chi connectivity index (χ2v) is 7.98. The number of aromatic nitrogens is 5. The van der Waals surface area contributed by atoms with Gasteiger partial charge in [-0.25, -0.2) is 9.97 Å². The molecule has 1 unspecified atom stereocenters. The molecule has 0 radical (unpaired) electrons. The first-order chi connectivity index (χ1) is 13.8. The minimum Gasteiger partial charge on any atom is -0.481 e. The summed E-state index contributed by atoms with van der Waals surface area (Å²) in [7, 11) is 1.58. The average Bonchev–Trinajstić information content (AvgIpc) is 3.45. The number of methoxy groups -OCH3 is 1. The van der Waals surface area contributed by atoms with Crippen LogP contribution in [0.25, 0.3) is 11.3 Å². The Morgan fingerprint density at radius 2 is 2.39 bits per heavy atom. The third kappa shape index (κ3) is 3.29. The van der Waals surface area contributed by atoms with Crippen LogP contribution in [0.5, 0.6) is 5.88 Å². The predicted molar refractivity (Wildman–Crippen MR) is 106 cm³/mol. The molecule has 0 amide bonds. The van der Waals surface area contributed by atoms with Gasteiger partial charge in [-0.3, -0.25) is 10.4 Å². The second-order valence-electron chi connectivity index (χ2n) is 6.90. The van der Waals surface area contributed by atoms with Crippen LogP contribution >= 0.6 is 11.3 Å². The van der Waals surface area contributed by atoms with Gasteiger partial charge in [-0.2, -0.15) is 10.1 Å². The molecule has 28 heavy (non-hydrogen) atoms. The molecule has 2 N–H and O–H groups in total. The molecule has 1 saturated heterocycles. The lowest BCUT2D eigenvalue weighted by molar-refractivity contribution is 0.186. The zero-order valence-electron chi connectivity index (χ0n) is 15.5. The smallest absolute Gasteiger partial charge is 0.232 e. The lowest BCUT2D eigenvalue weighted by Crippen LogP contribution is -2.31. The molecule has 0 spiro atoms. The first-order valence-corrected chi connectivity index (χ1v) is 10.1. The van der Waals surface area contributed by atoms with Crippen molar-refractivity contribution < 1.29 is 9.47 Å². The summed E-state index contributed by atoms with van der Waals surface area (Å²) in [5.74, 6) is 2.60. The number of H-pyrrole nitrogens is 1. The summed E-state index contributed by atoms with van der Waals surface area (Å²) in [6.07, 6.45) is 5.58. The molecule has 5 heterocycles. The average molecular weight is 399 g/mol. The van der Waals surface area contributed by atoms with Crippen LogP contribution in [0.2, 0.25) is 0 Å². The summed E-state index contributed by atoms with van der Waals surface area (Å²) in [4.78, 5) is 17.0. The van der Waals surface area contributed by atoms with E-state index in [0.717, 1.165) is 61.4 Å².